The van der Waals surface area contributed by atoms with E-state index in [1.807, 2.05) is 12.1 Å². The number of methoxy groups -OCH3 is 2. The molecule has 0 fully saturated rings. The molecule has 1 amide bonds. The number of hydrogen-bond acceptors (Lipinski definition) is 6. The second-order valence-corrected chi connectivity index (χ2v) is 4.12. The van der Waals surface area contributed by atoms with Crippen molar-refractivity contribution in [3.05, 3.63) is 36.5 Å². The van der Waals surface area contributed by atoms with Crippen LogP contribution in [-0.4, -0.2) is 37.3 Å². The molecule has 0 unspecified atom stereocenters. The summed E-state index contributed by atoms with van der Waals surface area (Å²) in [4.78, 5) is 21.1. The zero-order valence-electron chi connectivity index (χ0n) is 12.0. The Morgan fingerprint density at radius 1 is 1.19 bits per heavy atom. The number of amides is 1. The molecule has 0 saturated carbocycles. The number of nitrogens with zero attached hydrogens (tertiary/aromatic N) is 3. The van der Waals surface area contributed by atoms with Crippen LogP contribution in [0.15, 0.2) is 36.5 Å². The molecule has 0 bridgehead atoms. The van der Waals surface area contributed by atoms with E-state index in [2.05, 4.69) is 20.0 Å². The van der Waals surface area contributed by atoms with Gasteiger partial charge in [-0.3, -0.25) is 4.90 Å². The van der Waals surface area contributed by atoms with Gasteiger partial charge in [-0.1, -0.05) is 0 Å². The number of nitrogens with one attached hydrogen (secondary N) is 1. The van der Waals surface area contributed by atoms with E-state index in [1.165, 1.54) is 12.0 Å². The molecule has 7 nitrogen and oxygen atoms in total. The summed E-state index contributed by atoms with van der Waals surface area (Å²) in [6.07, 6.45) is 1.18. The van der Waals surface area contributed by atoms with Crippen LogP contribution >= 0.6 is 0 Å². The van der Waals surface area contributed by atoms with Crippen LogP contribution in [0.4, 0.5) is 22.1 Å². The smallest absolute Gasteiger partial charge is 0.413 e. The monoisotopic (exact) mass is 288 g/mol. The van der Waals surface area contributed by atoms with E-state index >= 15 is 0 Å². The van der Waals surface area contributed by atoms with Gasteiger partial charge in [0.2, 0.25) is 11.8 Å². The third-order valence-electron chi connectivity index (χ3n) is 2.80. The van der Waals surface area contributed by atoms with Crippen LogP contribution in [-0.2, 0) is 4.74 Å². The van der Waals surface area contributed by atoms with E-state index in [-0.39, 0.29) is 0 Å². The Morgan fingerprint density at radius 3 is 2.52 bits per heavy atom. The number of carbonyl (C=O) groups is 1. The molecule has 21 heavy (non-hydrogen) atoms. The van der Waals surface area contributed by atoms with Gasteiger partial charge >= 0.3 is 6.09 Å². The fourth-order valence-corrected chi connectivity index (χ4v) is 1.66. The van der Waals surface area contributed by atoms with E-state index in [0.717, 1.165) is 11.4 Å². The average Bonchev–Trinajstić information content (AvgIpc) is 2.54. The topological polar surface area (TPSA) is 76.6 Å². The van der Waals surface area contributed by atoms with Crippen molar-refractivity contribution in [2.24, 2.45) is 0 Å². The molecule has 1 aromatic heterocycles. The molecular formula is C14H16N4O3. The standard InChI is InChI=1S/C14H16N4O3/c1-18(14(19)21-3)11-6-4-10(5-7-11)16-13-15-9-8-12(17-13)20-2/h4-9H,1-3H3,(H,15,16,17). The second-order valence-electron chi connectivity index (χ2n) is 4.12. The summed E-state index contributed by atoms with van der Waals surface area (Å²) >= 11 is 0. The summed E-state index contributed by atoms with van der Waals surface area (Å²) in [5, 5.41) is 3.05. The molecule has 1 N–H and O–H groups in total. The highest BCUT2D eigenvalue weighted by atomic mass is 16.5. The van der Waals surface area contributed by atoms with Crippen LogP contribution in [0.3, 0.4) is 0 Å². The van der Waals surface area contributed by atoms with Crippen molar-refractivity contribution < 1.29 is 14.3 Å². The van der Waals surface area contributed by atoms with Gasteiger partial charge in [0.1, 0.15) is 0 Å². The van der Waals surface area contributed by atoms with Gasteiger partial charge in [0.05, 0.1) is 14.2 Å². The molecule has 1 heterocycles. The van der Waals surface area contributed by atoms with Crippen molar-refractivity contribution in [1.82, 2.24) is 9.97 Å². The number of hydrogen-bond donors (Lipinski definition) is 1. The summed E-state index contributed by atoms with van der Waals surface area (Å²) < 4.78 is 9.69. The van der Waals surface area contributed by atoms with Crippen LogP contribution in [0.25, 0.3) is 0 Å². The molecule has 0 spiro atoms. The van der Waals surface area contributed by atoms with Crippen LogP contribution in [0.2, 0.25) is 0 Å². The summed E-state index contributed by atoms with van der Waals surface area (Å²) in [7, 11) is 4.53. The zero-order valence-corrected chi connectivity index (χ0v) is 12.0. The Morgan fingerprint density at radius 2 is 1.90 bits per heavy atom. The average molecular weight is 288 g/mol. The molecule has 0 radical (unpaired) electrons. The Bertz CT molecular complexity index is 616. The van der Waals surface area contributed by atoms with Gasteiger partial charge in [-0.25, -0.2) is 9.78 Å². The highest BCUT2D eigenvalue weighted by Crippen LogP contribution is 2.20. The van der Waals surface area contributed by atoms with Crippen molar-refractivity contribution >= 4 is 23.4 Å². The molecule has 0 aliphatic carbocycles. The number of ether oxygens (including phenoxy) is 2. The minimum atomic E-state index is -0.424. The van der Waals surface area contributed by atoms with Gasteiger partial charge < -0.3 is 14.8 Å². The summed E-state index contributed by atoms with van der Waals surface area (Å²) in [5.74, 6) is 0.915. The van der Waals surface area contributed by atoms with E-state index in [1.54, 1.807) is 38.6 Å². The predicted molar refractivity (Wildman–Crippen MR) is 79.1 cm³/mol. The minimum Gasteiger partial charge on any atom is -0.481 e. The first-order valence-electron chi connectivity index (χ1n) is 6.20. The molecule has 1 aromatic carbocycles. The van der Waals surface area contributed by atoms with Crippen molar-refractivity contribution in [2.45, 2.75) is 0 Å². The van der Waals surface area contributed by atoms with Crippen LogP contribution < -0.4 is 15.0 Å². The summed E-state index contributed by atoms with van der Waals surface area (Å²) in [5.41, 5.74) is 1.52. The fraction of sp³-hybridized carbons (Fsp3) is 0.214. The zero-order chi connectivity index (χ0) is 15.2. The molecule has 2 aromatic rings. The number of rotatable bonds is 4. The maximum absolute atomic E-state index is 11.4. The number of carbonyl (C=O) groups excluding carboxylic acids is 1. The van der Waals surface area contributed by atoms with Crippen LogP contribution in [0, 0.1) is 0 Å². The number of anilines is 3. The quantitative estimate of drug-likeness (QED) is 0.931. The van der Waals surface area contributed by atoms with Gasteiger partial charge in [-0.05, 0) is 24.3 Å². The summed E-state index contributed by atoms with van der Waals surface area (Å²) in [6, 6.07) is 8.88. The Labute approximate surface area is 122 Å². The Balaban J connectivity index is 2.10. The van der Waals surface area contributed by atoms with Gasteiger partial charge in [0.15, 0.2) is 0 Å². The maximum Gasteiger partial charge on any atom is 0.413 e. The first-order valence-corrected chi connectivity index (χ1v) is 6.20. The Kier molecular flexibility index (Phi) is 4.55. The van der Waals surface area contributed by atoms with Gasteiger partial charge in [0.25, 0.3) is 0 Å². The van der Waals surface area contributed by atoms with E-state index in [9.17, 15) is 4.79 Å². The molecule has 0 aliphatic heterocycles. The summed E-state index contributed by atoms with van der Waals surface area (Å²) in [6.45, 7) is 0. The minimum absolute atomic E-state index is 0.424. The highest BCUT2D eigenvalue weighted by molar-refractivity contribution is 5.87. The predicted octanol–water partition coefficient (Wildman–Crippen LogP) is 2.43. The fourth-order valence-electron chi connectivity index (χ4n) is 1.66. The SMILES string of the molecule is COC(=O)N(C)c1ccc(Nc2nccc(OC)n2)cc1. The lowest BCUT2D eigenvalue weighted by molar-refractivity contribution is 0.180. The van der Waals surface area contributed by atoms with E-state index < -0.39 is 6.09 Å². The lowest BCUT2D eigenvalue weighted by Gasteiger charge is -2.15. The molecule has 0 aliphatic rings. The van der Waals surface area contributed by atoms with Crippen molar-refractivity contribution in [1.29, 1.82) is 0 Å². The molecular weight excluding hydrogens is 272 g/mol. The first kappa shape index (κ1) is 14.6. The molecule has 2 rings (SSSR count). The molecule has 0 saturated heterocycles. The van der Waals surface area contributed by atoms with E-state index in [0.29, 0.717) is 11.8 Å². The maximum atomic E-state index is 11.4. The number of aromatic nitrogens is 2. The lowest BCUT2D eigenvalue weighted by Crippen LogP contribution is -2.25. The van der Waals surface area contributed by atoms with Gasteiger partial charge in [0, 0.05) is 30.7 Å². The normalized spacial score (nSPS) is 9.86. The molecule has 0 atom stereocenters. The third-order valence-corrected chi connectivity index (χ3v) is 2.80. The van der Waals surface area contributed by atoms with Gasteiger partial charge in [-0.2, -0.15) is 4.98 Å². The molecule has 7 heteroatoms. The molecule has 110 valence electrons. The van der Waals surface area contributed by atoms with Crippen molar-refractivity contribution in [3.63, 3.8) is 0 Å². The van der Waals surface area contributed by atoms with Crippen LogP contribution in [0.5, 0.6) is 5.88 Å². The lowest BCUT2D eigenvalue weighted by atomic mass is 10.2. The largest absolute Gasteiger partial charge is 0.481 e. The second kappa shape index (κ2) is 6.56. The third kappa shape index (κ3) is 3.59. The van der Waals surface area contributed by atoms with E-state index in [4.69, 9.17) is 4.74 Å². The van der Waals surface area contributed by atoms with Crippen molar-refractivity contribution in [2.75, 3.05) is 31.5 Å². The van der Waals surface area contributed by atoms with Gasteiger partial charge in [-0.15, -0.1) is 0 Å². The number of benzene rings is 1. The first-order chi connectivity index (χ1) is 10.1. The Hall–Kier alpha value is -2.83. The van der Waals surface area contributed by atoms with Crippen molar-refractivity contribution in [3.8, 4) is 5.88 Å². The highest BCUT2D eigenvalue weighted by Gasteiger charge is 2.10. The van der Waals surface area contributed by atoms with Crippen LogP contribution in [0.1, 0.15) is 0 Å².